The number of anilines is 1. The fourth-order valence-corrected chi connectivity index (χ4v) is 2.00. The van der Waals surface area contributed by atoms with Gasteiger partial charge in [0.2, 0.25) is 5.95 Å². The van der Waals surface area contributed by atoms with Crippen molar-refractivity contribution in [2.45, 2.75) is 25.7 Å². The maximum atomic E-state index is 13.4. The van der Waals surface area contributed by atoms with Crippen LogP contribution in [0, 0.1) is 5.82 Å². The summed E-state index contributed by atoms with van der Waals surface area (Å²) in [7, 11) is 0. The number of aromatic hydroxyl groups is 1. The molecule has 0 saturated carbocycles. The molecule has 0 radical (unpaired) electrons. The molecule has 1 aromatic carbocycles. The van der Waals surface area contributed by atoms with Crippen molar-refractivity contribution >= 4 is 5.95 Å². The van der Waals surface area contributed by atoms with Gasteiger partial charge in [-0.1, -0.05) is 19.9 Å². The first-order valence-electron chi connectivity index (χ1n) is 5.94. The van der Waals surface area contributed by atoms with Gasteiger partial charge in [-0.2, -0.15) is 0 Å². The van der Waals surface area contributed by atoms with E-state index in [1.807, 2.05) is 13.8 Å². The van der Waals surface area contributed by atoms with Crippen LogP contribution in [0.2, 0.25) is 0 Å². The molecule has 0 aliphatic rings. The van der Waals surface area contributed by atoms with E-state index in [-0.39, 0.29) is 17.1 Å². The summed E-state index contributed by atoms with van der Waals surface area (Å²) in [6.07, 6.45) is 3.99. The highest BCUT2D eigenvalue weighted by atomic mass is 19.1. The van der Waals surface area contributed by atoms with E-state index in [4.69, 9.17) is 5.73 Å². The Hall–Kier alpha value is -2.17. The zero-order valence-electron chi connectivity index (χ0n) is 10.9. The first-order valence-corrected chi connectivity index (χ1v) is 5.94. The molecule has 0 aliphatic carbocycles. The van der Waals surface area contributed by atoms with Gasteiger partial charge < -0.3 is 10.8 Å². The van der Waals surface area contributed by atoms with Crippen molar-refractivity contribution < 1.29 is 9.50 Å². The number of rotatable bonds is 3. The predicted octanol–water partition coefficient (Wildman–Crippen LogP) is 2.42. The van der Waals surface area contributed by atoms with Crippen molar-refractivity contribution in [3.63, 3.8) is 0 Å². The minimum Gasteiger partial charge on any atom is -0.505 e. The Bertz CT molecular complexity index is 582. The lowest BCUT2D eigenvalue weighted by atomic mass is 9.79. The monoisotopic (exact) mass is 261 g/mol. The average molecular weight is 261 g/mol. The molecular weight excluding hydrogens is 245 g/mol. The van der Waals surface area contributed by atoms with Crippen LogP contribution in [-0.2, 0) is 11.8 Å². The standard InChI is InChI=1S/C14H16FN3O/c1-14(2,6-9-7-17-13(16)18-8-9)10-3-4-12(19)11(15)5-10/h3-5,7-8,19H,6H2,1-2H3,(H2,16,17,18). The smallest absolute Gasteiger partial charge is 0.219 e. The molecule has 0 fully saturated rings. The minimum absolute atomic E-state index is 0.234. The number of benzene rings is 1. The molecule has 0 saturated heterocycles. The maximum Gasteiger partial charge on any atom is 0.219 e. The summed E-state index contributed by atoms with van der Waals surface area (Å²) in [6.45, 7) is 3.99. The van der Waals surface area contributed by atoms with Crippen molar-refractivity contribution in [3.8, 4) is 5.75 Å². The van der Waals surface area contributed by atoms with E-state index in [0.717, 1.165) is 11.1 Å². The Morgan fingerprint density at radius 2 is 1.89 bits per heavy atom. The van der Waals surface area contributed by atoms with Gasteiger partial charge in [-0.3, -0.25) is 0 Å². The van der Waals surface area contributed by atoms with Crippen LogP contribution < -0.4 is 5.73 Å². The van der Waals surface area contributed by atoms with Crippen LogP contribution in [0.15, 0.2) is 30.6 Å². The van der Waals surface area contributed by atoms with E-state index >= 15 is 0 Å². The highest BCUT2D eigenvalue weighted by Crippen LogP contribution is 2.30. The molecule has 0 unspecified atom stereocenters. The number of nitrogens with zero attached hydrogens (tertiary/aromatic N) is 2. The Labute approximate surface area is 111 Å². The van der Waals surface area contributed by atoms with E-state index < -0.39 is 5.82 Å². The second-order valence-corrected chi connectivity index (χ2v) is 5.18. The molecule has 2 rings (SSSR count). The van der Waals surface area contributed by atoms with Crippen LogP contribution in [0.3, 0.4) is 0 Å². The van der Waals surface area contributed by atoms with Gasteiger partial charge in [0.25, 0.3) is 0 Å². The van der Waals surface area contributed by atoms with Crippen molar-refractivity contribution in [2.24, 2.45) is 0 Å². The molecule has 3 N–H and O–H groups in total. The van der Waals surface area contributed by atoms with Gasteiger partial charge in [0, 0.05) is 12.4 Å². The third-order valence-electron chi connectivity index (χ3n) is 3.10. The Kier molecular flexibility index (Phi) is 3.38. The third kappa shape index (κ3) is 2.99. The molecule has 19 heavy (non-hydrogen) atoms. The first-order chi connectivity index (χ1) is 8.88. The van der Waals surface area contributed by atoms with Crippen molar-refractivity contribution in [1.82, 2.24) is 9.97 Å². The Morgan fingerprint density at radius 1 is 1.26 bits per heavy atom. The van der Waals surface area contributed by atoms with E-state index in [2.05, 4.69) is 9.97 Å². The molecule has 1 aromatic heterocycles. The molecule has 2 aromatic rings. The van der Waals surface area contributed by atoms with Gasteiger partial charge >= 0.3 is 0 Å². The number of hydrogen-bond acceptors (Lipinski definition) is 4. The van der Waals surface area contributed by atoms with E-state index in [9.17, 15) is 9.50 Å². The molecule has 1 heterocycles. The van der Waals surface area contributed by atoms with Crippen LogP contribution in [0.4, 0.5) is 10.3 Å². The minimum atomic E-state index is -0.612. The fraction of sp³-hybridized carbons (Fsp3) is 0.286. The van der Waals surface area contributed by atoms with E-state index in [1.165, 1.54) is 12.1 Å². The van der Waals surface area contributed by atoms with E-state index in [1.54, 1.807) is 18.5 Å². The summed E-state index contributed by atoms with van der Waals surface area (Å²) in [5.41, 5.74) is 6.87. The summed E-state index contributed by atoms with van der Waals surface area (Å²) in [6, 6.07) is 4.44. The summed E-state index contributed by atoms with van der Waals surface area (Å²) in [5.74, 6) is -0.716. The molecule has 100 valence electrons. The second kappa shape index (κ2) is 4.84. The number of nitrogen functional groups attached to an aromatic ring is 1. The number of halogens is 1. The van der Waals surface area contributed by atoms with Gasteiger partial charge in [-0.25, -0.2) is 14.4 Å². The molecular formula is C14H16FN3O. The molecule has 4 nitrogen and oxygen atoms in total. The molecule has 5 heteroatoms. The van der Waals surface area contributed by atoms with Gasteiger partial charge in [-0.05, 0) is 35.1 Å². The van der Waals surface area contributed by atoms with E-state index in [0.29, 0.717) is 6.42 Å². The predicted molar refractivity (Wildman–Crippen MR) is 71.2 cm³/mol. The molecule has 0 amide bonds. The maximum absolute atomic E-state index is 13.4. The number of phenols is 1. The lowest BCUT2D eigenvalue weighted by Crippen LogP contribution is -2.21. The topological polar surface area (TPSA) is 72.0 Å². The van der Waals surface area contributed by atoms with Crippen LogP contribution in [0.1, 0.15) is 25.0 Å². The number of phenolic OH excluding ortho intramolecular Hbond substituents is 1. The van der Waals surface area contributed by atoms with Crippen molar-refractivity contribution in [3.05, 3.63) is 47.5 Å². The quantitative estimate of drug-likeness (QED) is 0.890. The van der Waals surface area contributed by atoms with Gasteiger partial charge in [0.15, 0.2) is 11.6 Å². The molecule has 0 aliphatic heterocycles. The highest BCUT2D eigenvalue weighted by Gasteiger charge is 2.22. The summed E-state index contributed by atoms with van der Waals surface area (Å²) in [4.78, 5) is 7.88. The summed E-state index contributed by atoms with van der Waals surface area (Å²) >= 11 is 0. The van der Waals surface area contributed by atoms with Crippen molar-refractivity contribution in [2.75, 3.05) is 5.73 Å². The van der Waals surface area contributed by atoms with Crippen LogP contribution >= 0.6 is 0 Å². The number of hydrogen-bond donors (Lipinski definition) is 2. The fourth-order valence-electron chi connectivity index (χ4n) is 2.00. The molecule has 0 bridgehead atoms. The van der Waals surface area contributed by atoms with Crippen molar-refractivity contribution in [1.29, 1.82) is 0 Å². The van der Waals surface area contributed by atoms with Crippen LogP contribution in [0.25, 0.3) is 0 Å². The third-order valence-corrected chi connectivity index (χ3v) is 3.10. The van der Waals surface area contributed by atoms with Gasteiger partial charge in [0.1, 0.15) is 0 Å². The zero-order chi connectivity index (χ0) is 14.0. The second-order valence-electron chi connectivity index (χ2n) is 5.18. The Morgan fingerprint density at radius 3 is 2.47 bits per heavy atom. The normalized spacial score (nSPS) is 11.5. The zero-order valence-corrected chi connectivity index (χ0v) is 10.9. The van der Waals surface area contributed by atoms with Gasteiger partial charge in [0.05, 0.1) is 0 Å². The first kappa shape index (κ1) is 13.3. The summed E-state index contributed by atoms with van der Waals surface area (Å²) in [5, 5.41) is 9.22. The Balaban J connectivity index is 2.26. The average Bonchev–Trinajstić information content (AvgIpc) is 2.35. The lowest BCUT2D eigenvalue weighted by Gasteiger charge is -2.25. The van der Waals surface area contributed by atoms with Crippen LogP contribution in [0.5, 0.6) is 5.75 Å². The summed E-state index contributed by atoms with van der Waals surface area (Å²) < 4.78 is 13.4. The number of aromatic nitrogens is 2. The molecule has 0 spiro atoms. The number of nitrogens with two attached hydrogens (primary N) is 1. The van der Waals surface area contributed by atoms with Gasteiger partial charge in [-0.15, -0.1) is 0 Å². The molecule has 0 atom stereocenters. The van der Waals surface area contributed by atoms with Crippen LogP contribution in [-0.4, -0.2) is 15.1 Å². The SMILES string of the molecule is CC(C)(Cc1cnc(N)nc1)c1ccc(O)c(F)c1. The lowest BCUT2D eigenvalue weighted by molar-refractivity contribution is 0.428. The highest BCUT2D eigenvalue weighted by molar-refractivity contribution is 5.33. The largest absolute Gasteiger partial charge is 0.505 e.